The highest BCUT2D eigenvalue weighted by molar-refractivity contribution is 6.00. The van der Waals surface area contributed by atoms with E-state index in [9.17, 15) is 0 Å². The molecule has 0 saturated carbocycles. The van der Waals surface area contributed by atoms with Crippen molar-refractivity contribution in [2.24, 2.45) is 11.5 Å². The van der Waals surface area contributed by atoms with Gasteiger partial charge in [-0.15, -0.1) is 24.8 Å². The number of furan rings is 1. The van der Waals surface area contributed by atoms with Crippen LogP contribution in [0.15, 0.2) is 52.9 Å². The molecule has 0 bridgehead atoms. The van der Waals surface area contributed by atoms with Crippen molar-refractivity contribution in [3.8, 4) is 11.5 Å². The Morgan fingerprint density at radius 2 is 1.46 bits per heavy atom. The van der Waals surface area contributed by atoms with Crippen molar-refractivity contribution >= 4 is 58.4 Å². The molecule has 0 radical (unpaired) electrons. The Morgan fingerprint density at radius 1 is 0.808 bits per heavy atom. The topological polar surface area (TPSA) is 129 Å². The fourth-order valence-corrected chi connectivity index (χ4v) is 2.77. The number of rotatable bonds is 3. The van der Waals surface area contributed by atoms with Crippen LogP contribution in [0.2, 0.25) is 0 Å². The number of nitrogens with one attached hydrogen (secondary N) is 3. The molecule has 0 atom stereocenters. The molecule has 4 aromatic rings. The second kappa shape index (κ2) is 7.11. The molecule has 8 heteroatoms. The molecule has 4 rings (SSSR count). The number of hydrogen-bond acceptors (Lipinski definition) is 3. The maximum atomic E-state index is 7.53. The van der Waals surface area contributed by atoms with Gasteiger partial charge in [0, 0.05) is 27.4 Å². The average Bonchev–Trinajstić information content (AvgIpc) is 3.16. The molecule has 0 unspecified atom stereocenters. The van der Waals surface area contributed by atoms with E-state index in [1.54, 1.807) is 6.07 Å². The number of amidine groups is 2. The molecule has 0 fully saturated rings. The van der Waals surface area contributed by atoms with Crippen molar-refractivity contribution in [1.29, 1.82) is 10.8 Å². The second-order valence-corrected chi connectivity index (χ2v) is 5.68. The first-order chi connectivity index (χ1) is 11.5. The Balaban J connectivity index is 0.00000121. The minimum atomic E-state index is 0. The first-order valence-electron chi connectivity index (χ1n) is 7.37. The zero-order chi connectivity index (χ0) is 16.8. The highest BCUT2D eigenvalue weighted by Gasteiger charge is 2.11. The average molecular weight is 390 g/mol. The van der Waals surface area contributed by atoms with Gasteiger partial charge < -0.3 is 20.9 Å². The SMILES string of the molecule is Cl.Cl.N=C(N)c1ccc2oc(-c3cc4ccc(C(=N)N)cc4[nH]3)cc2c1. The standard InChI is InChI=1S/C18H15N5O.2ClH/c19-17(20)10-3-4-15-12(5-10)8-16(24-15)14-6-9-1-2-11(18(21)22)7-13(9)23-14;;/h1-8,23H,(H3,19,20)(H3,21,22);2*1H. The number of H-pyrrole nitrogens is 1. The van der Waals surface area contributed by atoms with Gasteiger partial charge in [-0.2, -0.15) is 0 Å². The van der Waals surface area contributed by atoms with Crippen LogP contribution in [-0.2, 0) is 0 Å². The predicted molar refractivity (Wildman–Crippen MR) is 110 cm³/mol. The van der Waals surface area contributed by atoms with Crippen LogP contribution in [0.5, 0.6) is 0 Å². The van der Waals surface area contributed by atoms with E-state index in [0.717, 1.165) is 27.6 Å². The van der Waals surface area contributed by atoms with Gasteiger partial charge in [0.2, 0.25) is 0 Å². The lowest BCUT2D eigenvalue weighted by Gasteiger charge is -1.97. The summed E-state index contributed by atoms with van der Waals surface area (Å²) in [6.07, 6.45) is 0. The van der Waals surface area contributed by atoms with Crippen LogP contribution < -0.4 is 11.5 Å². The van der Waals surface area contributed by atoms with Crippen molar-refractivity contribution in [1.82, 2.24) is 4.98 Å². The lowest BCUT2D eigenvalue weighted by molar-refractivity contribution is 0.629. The normalized spacial score (nSPS) is 10.3. The Hall–Kier alpha value is -2.96. The van der Waals surface area contributed by atoms with Gasteiger partial charge in [-0.3, -0.25) is 10.8 Å². The van der Waals surface area contributed by atoms with Crippen molar-refractivity contribution < 1.29 is 4.42 Å². The lowest BCUT2D eigenvalue weighted by Crippen LogP contribution is -2.10. The molecule has 26 heavy (non-hydrogen) atoms. The quantitative estimate of drug-likeness (QED) is 0.268. The van der Waals surface area contributed by atoms with Crippen molar-refractivity contribution in [3.63, 3.8) is 0 Å². The molecule has 0 aliphatic rings. The number of benzene rings is 2. The van der Waals surface area contributed by atoms with E-state index in [1.165, 1.54) is 0 Å². The molecule has 134 valence electrons. The van der Waals surface area contributed by atoms with Gasteiger partial charge in [-0.25, -0.2) is 0 Å². The van der Waals surface area contributed by atoms with Crippen LogP contribution in [0.1, 0.15) is 11.1 Å². The van der Waals surface area contributed by atoms with Gasteiger partial charge in [0.15, 0.2) is 5.76 Å². The van der Waals surface area contributed by atoms with Crippen molar-refractivity contribution in [3.05, 3.63) is 59.7 Å². The maximum absolute atomic E-state index is 7.53. The number of fused-ring (bicyclic) bond motifs is 2. The van der Waals surface area contributed by atoms with Crippen LogP contribution in [0.25, 0.3) is 33.3 Å². The molecule has 0 aliphatic heterocycles. The molecule has 7 N–H and O–H groups in total. The summed E-state index contributed by atoms with van der Waals surface area (Å²) in [5.41, 5.74) is 14.9. The Bertz CT molecular complexity index is 1040. The van der Waals surface area contributed by atoms with E-state index in [-0.39, 0.29) is 36.5 Å². The summed E-state index contributed by atoms with van der Waals surface area (Å²) in [6.45, 7) is 0. The predicted octanol–water partition coefficient (Wildman–Crippen LogP) is 3.99. The summed E-state index contributed by atoms with van der Waals surface area (Å²) >= 11 is 0. The zero-order valence-corrected chi connectivity index (χ0v) is 15.1. The number of nitrogen functional groups attached to an aromatic ring is 2. The summed E-state index contributed by atoms with van der Waals surface area (Å²) in [7, 11) is 0. The Labute approximate surface area is 161 Å². The molecule has 6 nitrogen and oxygen atoms in total. The van der Waals surface area contributed by atoms with Crippen molar-refractivity contribution in [2.45, 2.75) is 0 Å². The fourth-order valence-electron chi connectivity index (χ4n) is 2.77. The van der Waals surface area contributed by atoms with Gasteiger partial charge in [-0.05, 0) is 36.4 Å². The Kier molecular flexibility index (Phi) is 5.30. The Morgan fingerprint density at radius 3 is 2.15 bits per heavy atom. The third kappa shape index (κ3) is 3.24. The molecular formula is C18H17Cl2N5O. The second-order valence-electron chi connectivity index (χ2n) is 5.68. The molecule has 0 aliphatic carbocycles. The largest absolute Gasteiger partial charge is 0.455 e. The number of nitrogens with two attached hydrogens (primary N) is 2. The van der Waals surface area contributed by atoms with Gasteiger partial charge in [-0.1, -0.05) is 12.1 Å². The number of aromatic amines is 1. The summed E-state index contributed by atoms with van der Waals surface area (Å²) < 4.78 is 5.89. The van der Waals surface area contributed by atoms with E-state index < -0.39 is 0 Å². The smallest absolute Gasteiger partial charge is 0.151 e. The first kappa shape index (κ1) is 19.4. The van der Waals surface area contributed by atoms with E-state index in [1.807, 2.05) is 42.5 Å². The molecule has 2 aromatic heterocycles. The molecule has 0 amide bonds. The molecule has 2 aromatic carbocycles. The van der Waals surface area contributed by atoms with Gasteiger partial charge in [0.05, 0.1) is 5.69 Å². The van der Waals surface area contributed by atoms with E-state index in [0.29, 0.717) is 16.9 Å². The molecule has 0 saturated heterocycles. The summed E-state index contributed by atoms with van der Waals surface area (Å²) in [5.74, 6) is 0.766. The van der Waals surface area contributed by atoms with E-state index in [4.69, 9.17) is 26.7 Å². The van der Waals surface area contributed by atoms with Crippen LogP contribution >= 0.6 is 24.8 Å². The van der Waals surface area contributed by atoms with Gasteiger partial charge in [0.25, 0.3) is 0 Å². The number of aromatic nitrogens is 1. The van der Waals surface area contributed by atoms with Gasteiger partial charge in [0.1, 0.15) is 17.3 Å². The fraction of sp³-hybridized carbons (Fsp3) is 0. The van der Waals surface area contributed by atoms with E-state index >= 15 is 0 Å². The number of hydrogen-bond donors (Lipinski definition) is 5. The monoisotopic (exact) mass is 389 g/mol. The molecular weight excluding hydrogens is 373 g/mol. The summed E-state index contributed by atoms with van der Waals surface area (Å²) in [4.78, 5) is 3.29. The summed E-state index contributed by atoms with van der Waals surface area (Å²) in [6, 6.07) is 14.9. The van der Waals surface area contributed by atoms with Crippen molar-refractivity contribution in [2.75, 3.05) is 0 Å². The first-order valence-corrected chi connectivity index (χ1v) is 7.37. The number of halogens is 2. The lowest BCUT2D eigenvalue weighted by atomic mass is 10.1. The minimum absolute atomic E-state index is 0. The van der Waals surface area contributed by atoms with Gasteiger partial charge >= 0.3 is 0 Å². The molecule has 0 spiro atoms. The van der Waals surface area contributed by atoms with Crippen LogP contribution in [0, 0.1) is 10.8 Å². The zero-order valence-electron chi connectivity index (χ0n) is 13.5. The van der Waals surface area contributed by atoms with Crippen LogP contribution in [0.4, 0.5) is 0 Å². The summed E-state index contributed by atoms with van der Waals surface area (Å²) in [5, 5.41) is 17.0. The maximum Gasteiger partial charge on any atom is 0.151 e. The minimum Gasteiger partial charge on any atom is -0.455 e. The third-order valence-electron chi connectivity index (χ3n) is 4.03. The van der Waals surface area contributed by atoms with E-state index in [2.05, 4.69) is 4.98 Å². The van der Waals surface area contributed by atoms with Crippen LogP contribution in [0.3, 0.4) is 0 Å². The highest BCUT2D eigenvalue weighted by atomic mass is 35.5. The van der Waals surface area contributed by atoms with Crippen LogP contribution in [-0.4, -0.2) is 16.7 Å². The highest BCUT2D eigenvalue weighted by Crippen LogP contribution is 2.30. The molecule has 2 heterocycles. The third-order valence-corrected chi connectivity index (χ3v) is 4.03.